The van der Waals surface area contributed by atoms with Crippen LogP contribution in [0.4, 0.5) is 13.2 Å². The Balaban J connectivity index is 2.25. The highest BCUT2D eigenvalue weighted by atomic mass is 19.4. The number of benzene rings is 1. The molecule has 0 aliphatic carbocycles. The van der Waals surface area contributed by atoms with E-state index in [-0.39, 0.29) is 17.9 Å². The van der Waals surface area contributed by atoms with Gasteiger partial charge in [-0.15, -0.1) is 0 Å². The number of rotatable bonds is 4. The molecule has 0 unspecified atom stereocenters. The van der Waals surface area contributed by atoms with Crippen molar-refractivity contribution >= 4 is 6.29 Å². The number of nitrogens with zero attached hydrogens (tertiary/aromatic N) is 1. The fraction of sp³-hybridized carbons (Fsp3) is 0.143. The molecular formula is C14H10F3NO2. The zero-order valence-electron chi connectivity index (χ0n) is 10.2. The summed E-state index contributed by atoms with van der Waals surface area (Å²) >= 11 is 0. The fourth-order valence-electron chi connectivity index (χ4n) is 1.61. The summed E-state index contributed by atoms with van der Waals surface area (Å²) in [5.41, 5.74) is -0.308. The molecule has 3 nitrogen and oxygen atoms in total. The van der Waals surface area contributed by atoms with Crippen LogP contribution in [-0.4, -0.2) is 11.3 Å². The molecule has 2 aromatic rings. The van der Waals surface area contributed by atoms with Gasteiger partial charge in [-0.05, 0) is 35.9 Å². The first kappa shape index (κ1) is 14.0. The minimum absolute atomic E-state index is 0.00790. The number of ether oxygens (including phenoxy) is 1. The number of hydrogen-bond acceptors (Lipinski definition) is 3. The maximum absolute atomic E-state index is 12.9. The summed E-state index contributed by atoms with van der Waals surface area (Å²) in [7, 11) is 0. The number of carbonyl (C=O) groups is 1. The molecule has 0 fully saturated rings. The zero-order chi connectivity index (χ0) is 14.6. The molecule has 0 aliphatic heterocycles. The highest BCUT2D eigenvalue weighted by Gasteiger charge is 2.34. The lowest BCUT2D eigenvalue weighted by Crippen LogP contribution is -2.09. The van der Waals surface area contributed by atoms with E-state index in [2.05, 4.69) is 4.98 Å². The normalized spacial score (nSPS) is 11.2. The lowest BCUT2D eigenvalue weighted by Gasteiger charge is -2.14. The average molecular weight is 281 g/mol. The molecule has 0 spiro atoms. The van der Waals surface area contributed by atoms with E-state index < -0.39 is 11.7 Å². The topological polar surface area (TPSA) is 39.2 Å². The van der Waals surface area contributed by atoms with Gasteiger partial charge in [0.25, 0.3) is 0 Å². The van der Waals surface area contributed by atoms with Gasteiger partial charge in [0, 0.05) is 18.0 Å². The largest absolute Gasteiger partial charge is 0.488 e. The Hall–Kier alpha value is -2.37. The molecule has 0 aliphatic rings. The molecule has 0 atom stereocenters. The van der Waals surface area contributed by atoms with Crippen molar-refractivity contribution in [2.45, 2.75) is 12.8 Å². The zero-order valence-corrected chi connectivity index (χ0v) is 10.2. The number of halogens is 3. The first-order chi connectivity index (χ1) is 9.50. The Morgan fingerprint density at radius 1 is 1.15 bits per heavy atom. The summed E-state index contributed by atoms with van der Waals surface area (Å²) in [6.07, 6.45) is -1.16. The highest BCUT2D eigenvalue weighted by Crippen LogP contribution is 2.36. The van der Waals surface area contributed by atoms with Gasteiger partial charge in [0.1, 0.15) is 18.6 Å². The Morgan fingerprint density at radius 3 is 2.45 bits per heavy atom. The first-order valence-corrected chi connectivity index (χ1v) is 5.69. The molecule has 1 aromatic heterocycles. The molecule has 0 bridgehead atoms. The summed E-state index contributed by atoms with van der Waals surface area (Å²) < 4.78 is 43.8. The lowest BCUT2D eigenvalue weighted by molar-refractivity contribution is -0.139. The van der Waals surface area contributed by atoms with Crippen LogP contribution in [0.25, 0.3) is 0 Å². The third-order valence-corrected chi connectivity index (χ3v) is 2.59. The van der Waals surface area contributed by atoms with Gasteiger partial charge in [-0.2, -0.15) is 13.2 Å². The van der Waals surface area contributed by atoms with Gasteiger partial charge in [-0.1, -0.05) is 0 Å². The minimum Gasteiger partial charge on any atom is -0.488 e. The highest BCUT2D eigenvalue weighted by molar-refractivity contribution is 5.75. The predicted octanol–water partition coefficient (Wildman–Crippen LogP) is 3.49. The van der Waals surface area contributed by atoms with Crippen LogP contribution in [0.5, 0.6) is 5.75 Å². The van der Waals surface area contributed by atoms with Crippen LogP contribution in [0.1, 0.15) is 21.5 Å². The molecule has 0 saturated heterocycles. The Morgan fingerprint density at radius 2 is 1.85 bits per heavy atom. The second-order valence-corrected chi connectivity index (χ2v) is 4.02. The van der Waals surface area contributed by atoms with Crippen molar-refractivity contribution in [1.29, 1.82) is 0 Å². The van der Waals surface area contributed by atoms with Crippen molar-refractivity contribution in [1.82, 2.24) is 4.98 Å². The Labute approximate surface area is 113 Å². The summed E-state index contributed by atoms with van der Waals surface area (Å²) in [5, 5.41) is 0. The van der Waals surface area contributed by atoms with Crippen LogP contribution in [0.15, 0.2) is 42.7 Å². The molecule has 1 aromatic carbocycles. The van der Waals surface area contributed by atoms with Crippen molar-refractivity contribution in [3.05, 3.63) is 59.4 Å². The van der Waals surface area contributed by atoms with E-state index in [0.717, 1.165) is 12.1 Å². The van der Waals surface area contributed by atoms with Crippen LogP contribution in [-0.2, 0) is 12.8 Å². The van der Waals surface area contributed by atoms with Gasteiger partial charge in [0.2, 0.25) is 0 Å². The molecule has 0 amide bonds. The van der Waals surface area contributed by atoms with Crippen molar-refractivity contribution in [3.63, 3.8) is 0 Å². The SMILES string of the molecule is O=Cc1ccc(OCc2ccncc2)c(C(F)(F)F)c1. The predicted molar refractivity (Wildman–Crippen MR) is 65.4 cm³/mol. The summed E-state index contributed by atoms with van der Waals surface area (Å²) in [5.74, 6) is -0.306. The molecule has 1 heterocycles. The van der Waals surface area contributed by atoms with Crippen molar-refractivity contribution < 1.29 is 22.7 Å². The van der Waals surface area contributed by atoms with Crippen molar-refractivity contribution in [3.8, 4) is 5.75 Å². The van der Waals surface area contributed by atoms with Gasteiger partial charge >= 0.3 is 6.18 Å². The standard InChI is InChI=1S/C14H10F3NO2/c15-14(16,17)12-7-11(8-19)1-2-13(12)20-9-10-3-5-18-6-4-10/h1-8H,9H2. The monoisotopic (exact) mass is 281 g/mol. The van der Waals surface area contributed by atoms with E-state index in [0.29, 0.717) is 11.8 Å². The van der Waals surface area contributed by atoms with Crippen molar-refractivity contribution in [2.75, 3.05) is 0 Å². The van der Waals surface area contributed by atoms with E-state index in [4.69, 9.17) is 4.74 Å². The van der Waals surface area contributed by atoms with E-state index in [9.17, 15) is 18.0 Å². The Kier molecular flexibility index (Phi) is 4.02. The molecule has 2 rings (SSSR count). The number of aromatic nitrogens is 1. The maximum atomic E-state index is 12.9. The van der Waals surface area contributed by atoms with Crippen LogP contribution < -0.4 is 4.74 Å². The van der Waals surface area contributed by atoms with Gasteiger partial charge in [0.15, 0.2) is 0 Å². The van der Waals surface area contributed by atoms with Crippen LogP contribution in [0.2, 0.25) is 0 Å². The third-order valence-electron chi connectivity index (χ3n) is 2.59. The fourth-order valence-corrected chi connectivity index (χ4v) is 1.61. The van der Waals surface area contributed by atoms with Gasteiger partial charge in [0.05, 0.1) is 5.56 Å². The summed E-state index contributed by atoms with van der Waals surface area (Å²) in [6, 6.07) is 6.49. The lowest BCUT2D eigenvalue weighted by atomic mass is 10.1. The van der Waals surface area contributed by atoms with E-state index in [1.165, 1.54) is 18.5 Å². The quantitative estimate of drug-likeness (QED) is 0.805. The summed E-state index contributed by atoms with van der Waals surface area (Å²) in [4.78, 5) is 14.4. The van der Waals surface area contributed by atoms with Crippen LogP contribution in [0, 0.1) is 0 Å². The van der Waals surface area contributed by atoms with Gasteiger partial charge < -0.3 is 4.74 Å². The number of hydrogen-bond donors (Lipinski definition) is 0. The molecule has 104 valence electrons. The van der Waals surface area contributed by atoms with Gasteiger partial charge in [-0.3, -0.25) is 9.78 Å². The third kappa shape index (κ3) is 3.34. The smallest absolute Gasteiger partial charge is 0.419 e. The molecule has 0 saturated carbocycles. The first-order valence-electron chi connectivity index (χ1n) is 5.69. The van der Waals surface area contributed by atoms with Crippen LogP contribution >= 0.6 is 0 Å². The van der Waals surface area contributed by atoms with E-state index in [1.807, 2.05) is 0 Å². The molecule has 0 N–H and O–H groups in total. The van der Waals surface area contributed by atoms with Crippen LogP contribution in [0.3, 0.4) is 0 Å². The maximum Gasteiger partial charge on any atom is 0.419 e. The molecule has 20 heavy (non-hydrogen) atoms. The average Bonchev–Trinajstić information content (AvgIpc) is 2.45. The Bertz CT molecular complexity index is 597. The van der Waals surface area contributed by atoms with E-state index in [1.54, 1.807) is 12.1 Å². The van der Waals surface area contributed by atoms with Gasteiger partial charge in [-0.25, -0.2) is 0 Å². The molecule has 0 radical (unpaired) electrons. The second kappa shape index (κ2) is 5.73. The van der Waals surface area contributed by atoms with Crippen molar-refractivity contribution in [2.24, 2.45) is 0 Å². The molecule has 6 heteroatoms. The number of carbonyl (C=O) groups excluding carboxylic acids is 1. The van der Waals surface area contributed by atoms with E-state index >= 15 is 0 Å². The second-order valence-electron chi connectivity index (χ2n) is 4.02. The number of alkyl halides is 3. The number of pyridine rings is 1. The number of aldehydes is 1. The minimum atomic E-state index is -4.58. The molecular weight excluding hydrogens is 271 g/mol. The summed E-state index contributed by atoms with van der Waals surface area (Å²) in [6.45, 7) is -0.00790.